The Bertz CT molecular complexity index is 624. The molecular formula is C13H20N4O. The maximum atomic E-state index is 11.9. The number of benzene rings is 1. The van der Waals surface area contributed by atoms with Gasteiger partial charge in [-0.3, -0.25) is 9.13 Å². The summed E-state index contributed by atoms with van der Waals surface area (Å²) in [4.78, 5) is 13.9. The molecule has 2 N–H and O–H groups in total. The van der Waals surface area contributed by atoms with Crippen LogP contribution in [0.5, 0.6) is 0 Å². The summed E-state index contributed by atoms with van der Waals surface area (Å²) in [6, 6.07) is 6.25. The van der Waals surface area contributed by atoms with Crippen LogP contribution in [0.3, 0.4) is 0 Å². The first-order chi connectivity index (χ1) is 8.47. The zero-order chi connectivity index (χ0) is 13.4. The van der Waals surface area contributed by atoms with Crippen LogP contribution in [0, 0.1) is 0 Å². The molecule has 0 radical (unpaired) electrons. The van der Waals surface area contributed by atoms with Crippen molar-refractivity contribution in [2.75, 3.05) is 20.6 Å². The van der Waals surface area contributed by atoms with Crippen molar-refractivity contribution in [3.05, 3.63) is 34.2 Å². The van der Waals surface area contributed by atoms with Crippen LogP contribution < -0.4 is 11.4 Å². The highest BCUT2D eigenvalue weighted by molar-refractivity contribution is 5.77. The lowest BCUT2D eigenvalue weighted by molar-refractivity contribution is 0.306. The average molecular weight is 248 g/mol. The van der Waals surface area contributed by atoms with Crippen molar-refractivity contribution in [1.82, 2.24) is 14.0 Å². The highest BCUT2D eigenvalue weighted by atomic mass is 16.1. The Morgan fingerprint density at radius 3 is 2.39 bits per heavy atom. The number of rotatable bonds is 3. The maximum Gasteiger partial charge on any atom is 0.328 e. The van der Waals surface area contributed by atoms with Gasteiger partial charge in [-0.05, 0) is 31.8 Å². The van der Waals surface area contributed by atoms with E-state index in [0.717, 1.165) is 16.6 Å². The van der Waals surface area contributed by atoms with Crippen molar-refractivity contribution >= 4 is 11.0 Å². The number of hydrogen-bond acceptors (Lipinski definition) is 3. The molecule has 1 unspecified atom stereocenters. The quantitative estimate of drug-likeness (QED) is 0.857. The second-order valence-electron chi connectivity index (χ2n) is 4.86. The Kier molecular flexibility index (Phi) is 3.28. The minimum absolute atomic E-state index is 0.00342. The molecule has 1 atom stereocenters. The van der Waals surface area contributed by atoms with Gasteiger partial charge < -0.3 is 10.6 Å². The molecule has 0 aliphatic heterocycles. The second-order valence-corrected chi connectivity index (χ2v) is 4.86. The molecule has 18 heavy (non-hydrogen) atoms. The second kappa shape index (κ2) is 4.59. The van der Waals surface area contributed by atoms with Crippen LogP contribution in [0.25, 0.3) is 11.0 Å². The number of aryl methyl sites for hydroxylation is 2. The lowest BCUT2D eigenvalue weighted by Gasteiger charge is -2.23. The van der Waals surface area contributed by atoms with Crippen molar-refractivity contribution in [1.29, 1.82) is 0 Å². The van der Waals surface area contributed by atoms with E-state index in [1.807, 2.05) is 32.3 Å². The molecule has 0 spiro atoms. The van der Waals surface area contributed by atoms with Gasteiger partial charge in [0.2, 0.25) is 0 Å². The molecule has 5 heteroatoms. The molecule has 0 amide bonds. The predicted octanol–water partition coefficient (Wildman–Crippen LogP) is 0.438. The van der Waals surface area contributed by atoms with Crippen molar-refractivity contribution in [2.24, 2.45) is 19.8 Å². The van der Waals surface area contributed by atoms with Gasteiger partial charge in [0.15, 0.2) is 0 Å². The Morgan fingerprint density at radius 1 is 1.22 bits per heavy atom. The zero-order valence-electron chi connectivity index (χ0n) is 11.3. The Morgan fingerprint density at radius 2 is 1.83 bits per heavy atom. The van der Waals surface area contributed by atoms with Gasteiger partial charge in [-0.15, -0.1) is 0 Å². The highest BCUT2D eigenvalue weighted by Crippen LogP contribution is 2.21. The summed E-state index contributed by atoms with van der Waals surface area (Å²) in [5.74, 6) is 0. The molecule has 0 aliphatic carbocycles. The molecule has 5 nitrogen and oxygen atoms in total. The van der Waals surface area contributed by atoms with Crippen LogP contribution in [0.1, 0.15) is 11.6 Å². The summed E-state index contributed by atoms with van der Waals surface area (Å²) in [6.45, 7) is 0.555. The molecule has 2 aromatic rings. The molecule has 0 fully saturated rings. The van der Waals surface area contributed by atoms with Gasteiger partial charge in [0, 0.05) is 26.7 Å². The smallest absolute Gasteiger partial charge is 0.328 e. The molecule has 0 aliphatic rings. The van der Waals surface area contributed by atoms with Gasteiger partial charge >= 0.3 is 5.69 Å². The van der Waals surface area contributed by atoms with E-state index in [2.05, 4.69) is 4.90 Å². The topological polar surface area (TPSA) is 56.2 Å². The molecule has 1 aromatic carbocycles. The number of nitrogens with two attached hydrogens (primary N) is 1. The van der Waals surface area contributed by atoms with Crippen molar-refractivity contribution in [2.45, 2.75) is 6.04 Å². The SMILES string of the molecule is CN(C)C(CN)c1ccc2c(c1)n(C)c(=O)n2C. The summed E-state index contributed by atoms with van der Waals surface area (Å²) >= 11 is 0. The lowest BCUT2D eigenvalue weighted by Crippen LogP contribution is -2.27. The van der Waals surface area contributed by atoms with E-state index >= 15 is 0 Å². The van der Waals surface area contributed by atoms with Gasteiger partial charge in [0.05, 0.1) is 11.0 Å². The third-order valence-corrected chi connectivity index (χ3v) is 3.53. The minimum atomic E-state index is -0.00342. The van der Waals surface area contributed by atoms with Gasteiger partial charge in [-0.25, -0.2) is 4.79 Å². The molecule has 1 heterocycles. The van der Waals surface area contributed by atoms with Crippen LogP contribution in [-0.2, 0) is 14.1 Å². The fourth-order valence-electron chi connectivity index (χ4n) is 2.38. The average Bonchev–Trinajstić information content (AvgIpc) is 2.55. The molecule has 98 valence electrons. The molecule has 1 aromatic heterocycles. The first kappa shape index (κ1) is 12.9. The van der Waals surface area contributed by atoms with Crippen LogP contribution in [0.4, 0.5) is 0 Å². The Balaban J connectivity index is 2.64. The maximum absolute atomic E-state index is 11.9. The van der Waals surface area contributed by atoms with Crippen molar-refractivity contribution in [3.63, 3.8) is 0 Å². The number of aromatic nitrogens is 2. The molecule has 0 saturated heterocycles. The van der Waals surface area contributed by atoms with Crippen molar-refractivity contribution < 1.29 is 0 Å². The van der Waals surface area contributed by atoms with E-state index in [9.17, 15) is 4.79 Å². The summed E-state index contributed by atoms with van der Waals surface area (Å²) in [7, 11) is 7.59. The summed E-state index contributed by atoms with van der Waals surface area (Å²) in [5, 5.41) is 0. The van der Waals surface area contributed by atoms with Crippen LogP contribution in [0.2, 0.25) is 0 Å². The monoisotopic (exact) mass is 248 g/mol. The predicted molar refractivity (Wildman–Crippen MR) is 73.6 cm³/mol. The van der Waals surface area contributed by atoms with Crippen LogP contribution in [-0.4, -0.2) is 34.7 Å². The molecular weight excluding hydrogens is 228 g/mol. The normalized spacial score (nSPS) is 13.4. The van der Waals surface area contributed by atoms with Crippen LogP contribution in [0.15, 0.2) is 23.0 Å². The van der Waals surface area contributed by atoms with E-state index in [1.165, 1.54) is 0 Å². The minimum Gasteiger partial charge on any atom is -0.329 e. The number of hydrogen-bond donors (Lipinski definition) is 1. The number of fused-ring (bicyclic) bond motifs is 1. The molecule has 0 bridgehead atoms. The highest BCUT2D eigenvalue weighted by Gasteiger charge is 2.15. The largest absolute Gasteiger partial charge is 0.329 e. The fraction of sp³-hybridized carbons (Fsp3) is 0.462. The van der Waals surface area contributed by atoms with E-state index in [-0.39, 0.29) is 11.7 Å². The summed E-state index contributed by atoms with van der Waals surface area (Å²) < 4.78 is 3.33. The van der Waals surface area contributed by atoms with E-state index in [0.29, 0.717) is 6.54 Å². The van der Waals surface area contributed by atoms with E-state index < -0.39 is 0 Å². The third kappa shape index (κ3) is 1.85. The van der Waals surface area contributed by atoms with Gasteiger partial charge in [-0.2, -0.15) is 0 Å². The van der Waals surface area contributed by atoms with Gasteiger partial charge in [0.25, 0.3) is 0 Å². The Hall–Kier alpha value is -1.59. The zero-order valence-corrected chi connectivity index (χ0v) is 11.3. The van der Waals surface area contributed by atoms with Crippen molar-refractivity contribution in [3.8, 4) is 0 Å². The lowest BCUT2D eigenvalue weighted by atomic mass is 10.1. The van der Waals surface area contributed by atoms with Gasteiger partial charge in [0.1, 0.15) is 0 Å². The van der Waals surface area contributed by atoms with Crippen LogP contribution >= 0.6 is 0 Å². The number of nitrogens with zero attached hydrogens (tertiary/aromatic N) is 3. The first-order valence-electron chi connectivity index (χ1n) is 5.99. The van der Waals surface area contributed by atoms with Gasteiger partial charge in [-0.1, -0.05) is 6.07 Å². The standard InChI is InChI=1S/C13H20N4O/c1-15(2)12(8-14)9-5-6-10-11(7-9)17(4)13(18)16(10)3/h5-7,12H,8,14H2,1-4H3. The summed E-state index contributed by atoms with van der Waals surface area (Å²) in [6.07, 6.45) is 0. The molecule has 0 saturated carbocycles. The fourth-order valence-corrected chi connectivity index (χ4v) is 2.38. The Labute approximate surface area is 106 Å². The van der Waals surface area contributed by atoms with E-state index in [1.54, 1.807) is 23.2 Å². The third-order valence-electron chi connectivity index (χ3n) is 3.53. The first-order valence-corrected chi connectivity index (χ1v) is 5.99. The summed E-state index contributed by atoms with van der Waals surface area (Å²) in [5.41, 5.74) is 8.83. The van der Waals surface area contributed by atoms with E-state index in [4.69, 9.17) is 5.73 Å². The molecule has 2 rings (SSSR count). The number of likely N-dealkylation sites (N-methyl/N-ethyl adjacent to an activating group) is 1. The number of imidazole rings is 1.